The Kier molecular flexibility index (Phi) is 16.3. The molecule has 0 aliphatic carbocycles. The summed E-state index contributed by atoms with van der Waals surface area (Å²) in [5.74, 6) is -3.83. The van der Waals surface area contributed by atoms with Crippen LogP contribution in [0.1, 0.15) is 65.4 Å². The van der Waals surface area contributed by atoms with Crippen molar-refractivity contribution >= 4 is 69.0 Å². The Labute approximate surface area is 338 Å². The van der Waals surface area contributed by atoms with Gasteiger partial charge in [-0.25, -0.2) is 9.18 Å². The molecule has 0 unspecified atom stereocenters. The second-order valence-electron chi connectivity index (χ2n) is 12.2. The number of carbonyl (C=O) groups is 3. The van der Waals surface area contributed by atoms with Gasteiger partial charge in [-0.05, 0) is 72.4 Å². The number of aromatic carboxylic acids is 1. The molecule has 266 valence electrons. The molecule has 4 aromatic carbocycles. The number of benzene rings is 4. The summed E-state index contributed by atoms with van der Waals surface area (Å²) < 4.78 is 16.0. The van der Waals surface area contributed by atoms with Crippen LogP contribution < -0.4 is 15.5 Å². The molecule has 2 atom stereocenters. The van der Waals surface area contributed by atoms with Crippen molar-refractivity contribution < 1.29 is 44.3 Å². The predicted octanol–water partition coefficient (Wildman–Crippen LogP) is 5.06. The van der Waals surface area contributed by atoms with Crippen molar-refractivity contribution in [2.24, 2.45) is 0 Å². The van der Waals surface area contributed by atoms with E-state index in [1.165, 1.54) is 36.4 Å². The van der Waals surface area contributed by atoms with Crippen molar-refractivity contribution in [1.29, 1.82) is 0 Å². The summed E-state index contributed by atoms with van der Waals surface area (Å²) in [6, 6.07) is 30.2. The number of hydrogen-bond donors (Lipinski definition) is 4. The van der Waals surface area contributed by atoms with Crippen LogP contribution in [0.3, 0.4) is 0 Å². The minimum absolute atomic E-state index is 0. The van der Waals surface area contributed by atoms with Crippen molar-refractivity contribution in [2.75, 3.05) is 5.32 Å². The summed E-state index contributed by atoms with van der Waals surface area (Å²) in [7, 11) is 0. The fraction of sp³-hybridized carbons (Fsp3) is 0.225. The number of carboxylic acid groups (broad SMARTS) is 2. The molecule has 0 saturated heterocycles. The molecule has 5 rings (SSSR count). The van der Waals surface area contributed by atoms with Crippen LogP contribution in [0.15, 0.2) is 109 Å². The van der Waals surface area contributed by atoms with Crippen molar-refractivity contribution in [1.82, 2.24) is 4.57 Å². The third kappa shape index (κ3) is 11.3. The zero-order valence-electron chi connectivity index (χ0n) is 28.9. The Morgan fingerprint density at radius 1 is 0.808 bits per heavy atom. The van der Waals surface area contributed by atoms with Crippen molar-refractivity contribution in [3.8, 4) is 28.1 Å². The second-order valence-corrected chi connectivity index (χ2v) is 12.2. The summed E-state index contributed by atoms with van der Waals surface area (Å²) in [5.41, 5.74) is 4.54. The molecule has 0 radical (unpaired) electrons. The van der Waals surface area contributed by atoms with Crippen molar-refractivity contribution in [2.45, 2.75) is 57.8 Å². The first-order valence-electron chi connectivity index (χ1n) is 16.4. The normalized spacial score (nSPS) is 11.8. The van der Waals surface area contributed by atoms with E-state index in [0.717, 1.165) is 11.3 Å². The smallest absolute Gasteiger partial charge is 0.872 e. The molecule has 12 heteroatoms. The van der Waals surface area contributed by atoms with Gasteiger partial charge in [0.15, 0.2) is 0 Å². The molecular weight excluding hydrogens is 743 g/mol. The number of nitrogens with one attached hydrogen (secondary N) is 1. The predicted molar refractivity (Wildman–Crippen MR) is 193 cm³/mol. The minimum atomic E-state index is -1.39. The van der Waals surface area contributed by atoms with Gasteiger partial charge in [-0.2, -0.15) is 0 Å². The first kappa shape index (κ1) is 42.1. The van der Waals surface area contributed by atoms with Gasteiger partial charge in [0.25, 0.3) is 5.91 Å². The van der Waals surface area contributed by atoms with Crippen molar-refractivity contribution in [3.05, 3.63) is 132 Å². The average molecular weight is 782 g/mol. The SMILES string of the molecule is CC(C)c1c(C(=O)Nc2ccccc2)c(-c2ccccc2)c(-c2ccc(F)cc2)n1CC[C@@H](O)C[C@@H](O)CC(=O)[O-].O=C(O)c1ccccc1[O-].[Sr+2]. The Morgan fingerprint density at radius 3 is 1.92 bits per heavy atom. The van der Waals surface area contributed by atoms with E-state index in [0.29, 0.717) is 28.1 Å². The van der Waals surface area contributed by atoms with Crippen LogP contribution in [0.5, 0.6) is 5.75 Å². The standard InChI is InChI=1S/C33H35FN2O5.C7H6O3.Sr/c1-21(2)31-30(33(41)35-25-11-7-4-8-12-25)29(22-9-5-3-6-10-22)32(23-13-15-24(34)16-14-23)36(31)18-17-26(37)19-27(38)20-28(39)40;8-6-4-2-1-3-5(6)7(9)10;/h3-16,21,26-27,37-38H,17-20H2,1-2H3,(H,35,41)(H,39,40);1-4,8H,(H,9,10);/q;;+2/p-2/t26-,27-;;/m1../s1. The monoisotopic (exact) mass is 782 g/mol. The van der Waals surface area contributed by atoms with Gasteiger partial charge in [-0.3, -0.25) is 4.79 Å². The van der Waals surface area contributed by atoms with E-state index in [4.69, 9.17) is 5.11 Å². The van der Waals surface area contributed by atoms with Crippen LogP contribution >= 0.6 is 0 Å². The maximum atomic E-state index is 14.0. The molecule has 4 N–H and O–H groups in total. The number of carboxylic acids is 2. The number of para-hydroxylation sites is 2. The minimum Gasteiger partial charge on any atom is -0.872 e. The van der Waals surface area contributed by atoms with Gasteiger partial charge in [0.1, 0.15) is 5.82 Å². The molecule has 52 heavy (non-hydrogen) atoms. The number of halogens is 1. The van der Waals surface area contributed by atoms with Crippen LogP contribution in [0, 0.1) is 5.82 Å². The second kappa shape index (κ2) is 20.1. The summed E-state index contributed by atoms with van der Waals surface area (Å²) in [4.78, 5) is 35.1. The molecule has 0 fully saturated rings. The first-order chi connectivity index (χ1) is 24.4. The topological polar surface area (TPSA) is 175 Å². The van der Waals surface area contributed by atoms with Gasteiger partial charge in [0.05, 0.1) is 29.0 Å². The van der Waals surface area contributed by atoms with Gasteiger partial charge >= 0.3 is 51.5 Å². The number of amides is 1. The number of aliphatic hydroxyl groups excluding tert-OH is 2. The van der Waals surface area contributed by atoms with Crippen LogP contribution in [-0.4, -0.2) is 95.4 Å². The number of nitrogens with zero attached hydrogens (tertiary/aromatic N) is 1. The summed E-state index contributed by atoms with van der Waals surface area (Å²) in [6.07, 6.45) is -2.77. The van der Waals surface area contributed by atoms with Crippen LogP contribution in [0.25, 0.3) is 22.4 Å². The Balaban J connectivity index is 0.000000572. The van der Waals surface area contributed by atoms with E-state index in [9.17, 15) is 39.2 Å². The summed E-state index contributed by atoms with van der Waals surface area (Å²) >= 11 is 0. The molecule has 5 aromatic rings. The van der Waals surface area contributed by atoms with Gasteiger partial charge in [0.2, 0.25) is 0 Å². The maximum Gasteiger partial charge on any atom is 2.00 e. The van der Waals surface area contributed by atoms with E-state index in [1.807, 2.05) is 66.9 Å². The average Bonchev–Trinajstić information content (AvgIpc) is 3.44. The molecule has 1 heterocycles. The quantitative estimate of drug-likeness (QED) is 0.120. The van der Waals surface area contributed by atoms with E-state index in [2.05, 4.69) is 5.32 Å². The Morgan fingerprint density at radius 2 is 1.38 bits per heavy atom. The van der Waals surface area contributed by atoms with E-state index >= 15 is 0 Å². The molecule has 1 aromatic heterocycles. The fourth-order valence-electron chi connectivity index (χ4n) is 5.84. The largest absolute Gasteiger partial charge is 2.00 e. The van der Waals surface area contributed by atoms with Crippen molar-refractivity contribution in [3.63, 3.8) is 0 Å². The van der Waals surface area contributed by atoms with E-state index in [-0.39, 0.29) is 82.3 Å². The zero-order chi connectivity index (χ0) is 37.1. The molecule has 0 bridgehead atoms. The number of rotatable bonds is 13. The van der Waals surface area contributed by atoms with Crippen LogP contribution in [0.2, 0.25) is 0 Å². The molecule has 0 aliphatic rings. The maximum absolute atomic E-state index is 14.0. The third-order valence-electron chi connectivity index (χ3n) is 8.04. The summed E-state index contributed by atoms with van der Waals surface area (Å²) in [5, 5.41) is 53.7. The number of aliphatic hydroxyl groups is 2. The van der Waals surface area contributed by atoms with Crippen LogP contribution in [-0.2, 0) is 11.3 Å². The van der Waals surface area contributed by atoms with E-state index in [1.54, 1.807) is 24.3 Å². The van der Waals surface area contributed by atoms with Gasteiger partial charge in [-0.1, -0.05) is 86.3 Å². The summed E-state index contributed by atoms with van der Waals surface area (Å²) in [6.45, 7) is 4.22. The molecule has 0 spiro atoms. The zero-order valence-corrected chi connectivity index (χ0v) is 32.3. The fourth-order valence-corrected chi connectivity index (χ4v) is 5.84. The van der Waals surface area contributed by atoms with Gasteiger partial charge in [0, 0.05) is 35.9 Å². The van der Waals surface area contributed by atoms with Gasteiger partial charge in [-0.15, -0.1) is 0 Å². The first-order valence-corrected chi connectivity index (χ1v) is 16.4. The van der Waals surface area contributed by atoms with Gasteiger partial charge < -0.3 is 40.2 Å². The number of aliphatic carboxylic acids is 1. The Bertz CT molecular complexity index is 1930. The number of hydrogen-bond acceptors (Lipinski definition) is 7. The molecule has 1 amide bonds. The molecule has 0 saturated carbocycles. The number of carbonyl (C=O) groups excluding carboxylic acids is 2. The Hall–Kier alpha value is -4.30. The number of anilines is 1. The van der Waals surface area contributed by atoms with Crippen LogP contribution in [0.4, 0.5) is 10.1 Å². The van der Waals surface area contributed by atoms with E-state index < -0.39 is 42.1 Å². The molecule has 10 nitrogen and oxygen atoms in total. The molecule has 0 aliphatic heterocycles. The molecular formula is C40H39FN2O8Sr. The number of aromatic nitrogens is 1. The third-order valence-corrected chi connectivity index (χ3v) is 8.04.